The van der Waals surface area contributed by atoms with Gasteiger partial charge in [-0.15, -0.1) is 62.0 Å². The van der Waals surface area contributed by atoms with Crippen LogP contribution in [-0.4, -0.2) is 63.2 Å². The van der Waals surface area contributed by atoms with E-state index in [9.17, 15) is 9.50 Å². The van der Waals surface area contributed by atoms with E-state index in [2.05, 4.69) is 36.8 Å². The molecule has 0 aromatic carbocycles. The fourth-order valence-electron chi connectivity index (χ4n) is 3.22. The van der Waals surface area contributed by atoms with Crippen molar-refractivity contribution in [3.8, 4) is 28.4 Å². The Kier molecular flexibility index (Phi) is 14.4. The summed E-state index contributed by atoms with van der Waals surface area (Å²) >= 11 is 0. The van der Waals surface area contributed by atoms with Crippen molar-refractivity contribution >= 4 is 79.6 Å². The van der Waals surface area contributed by atoms with Gasteiger partial charge in [0, 0.05) is 44.0 Å². The molecule has 34 heavy (non-hydrogen) atoms. The van der Waals surface area contributed by atoms with Crippen LogP contribution < -0.4 is 16.4 Å². The van der Waals surface area contributed by atoms with Crippen LogP contribution in [0.3, 0.4) is 0 Å². The van der Waals surface area contributed by atoms with Crippen LogP contribution in [0.2, 0.25) is 0 Å². The second kappa shape index (κ2) is 14.3. The van der Waals surface area contributed by atoms with Crippen LogP contribution >= 0.6 is 62.0 Å². The predicted octanol–water partition coefficient (Wildman–Crippen LogP) is 3.47. The van der Waals surface area contributed by atoms with Crippen LogP contribution in [0.15, 0.2) is 30.5 Å². The lowest BCUT2D eigenvalue weighted by molar-refractivity contribution is 0.312. The lowest BCUT2D eigenvalue weighted by Crippen LogP contribution is -2.44. The van der Waals surface area contributed by atoms with Crippen molar-refractivity contribution in [2.75, 3.05) is 49.6 Å². The zero-order valence-corrected chi connectivity index (χ0v) is 22.0. The number of nitrogens with zero attached hydrogens (tertiary/aromatic N) is 6. The number of aromatic nitrogens is 4. The number of anilines is 3. The largest absolute Gasteiger partial charge is 0.506 e. The lowest BCUT2D eigenvalue weighted by Gasteiger charge is -2.33. The number of rotatable bonds is 3. The van der Waals surface area contributed by atoms with Gasteiger partial charge in [0.15, 0.2) is 11.6 Å². The molecule has 3 aromatic rings. The molecule has 0 spiro atoms. The molecule has 0 unspecified atom stereocenters. The first-order chi connectivity index (χ1) is 13.9. The Hall–Kier alpha value is -2.08. The molecular weight excluding hydrogens is 553 g/mol. The van der Waals surface area contributed by atoms with Crippen LogP contribution in [0.1, 0.15) is 0 Å². The van der Waals surface area contributed by atoms with Gasteiger partial charge in [0.2, 0.25) is 5.95 Å². The molecule has 0 bridgehead atoms. The Labute approximate surface area is 227 Å². The van der Waals surface area contributed by atoms with Gasteiger partial charge in [-0.05, 0) is 25.2 Å². The average Bonchev–Trinajstić information content (AvgIpc) is 2.71. The maximum atomic E-state index is 14.4. The third kappa shape index (κ3) is 7.21. The number of likely N-dealkylation sites (N-methyl/N-ethyl adjacent to an activating group) is 1. The van der Waals surface area contributed by atoms with E-state index in [-0.39, 0.29) is 90.8 Å². The number of nitrogen functional groups attached to an aromatic ring is 2. The highest BCUT2D eigenvalue weighted by atomic mass is 35.5. The van der Waals surface area contributed by atoms with Crippen molar-refractivity contribution in [1.82, 2.24) is 24.8 Å². The summed E-state index contributed by atoms with van der Waals surface area (Å²) in [4.78, 5) is 21.0. The topological polar surface area (TPSA) is 130 Å². The van der Waals surface area contributed by atoms with Crippen molar-refractivity contribution in [2.24, 2.45) is 0 Å². The molecule has 9 nitrogen and oxygen atoms in total. The molecule has 0 radical (unpaired) electrons. The molecule has 1 saturated heterocycles. The summed E-state index contributed by atoms with van der Waals surface area (Å²) in [6.45, 7) is 3.41. The minimum Gasteiger partial charge on any atom is -0.506 e. The third-order valence-electron chi connectivity index (χ3n) is 4.87. The quantitative estimate of drug-likeness (QED) is 0.428. The van der Waals surface area contributed by atoms with Gasteiger partial charge in [0.1, 0.15) is 23.0 Å². The fraction of sp³-hybridized carbons (Fsp3) is 0.263. The summed E-state index contributed by atoms with van der Waals surface area (Å²) in [7, 11) is 2.07. The molecule has 0 amide bonds. The summed E-state index contributed by atoms with van der Waals surface area (Å²) in [5.41, 5.74) is 12.5. The van der Waals surface area contributed by atoms with E-state index >= 15 is 0 Å². The van der Waals surface area contributed by atoms with Crippen molar-refractivity contribution in [3.05, 3.63) is 36.3 Å². The number of hydrogen-bond donors (Lipinski definition) is 3. The van der Waals surface area contributed by atoms with Gasteiger partial charge < -0.3 is 26.4 Å². The number of nitrogens with two attached hydrogens (primary N) is 2. The predicted molar refractivity (Wildman–Crippen MR) is 145 cm³/mol. The number of piperazine rings is 1. The van der Waals surface area contributed by atoms with Gasteiger partial charge in [0.05, 0.1) is 5.69 Å². The van der Waals surface area contributed by atoms with E-state index in [4.69, 9.17) is 11.5 Å². The molecule has 0 atom stereocenters. The second-order valence-electron chi connectivity index (χ2n) is 6.88. The molecule has 3 aromatic heterocycles. The van der Waals surface area contributed by atoms with Crippen LogP contribution in [0, 0.1) is 5.82 Å². The Bertz CT molecular complexity index is 1070. The summed E-state index contributed by atoms with van der Waals surface area (Å²) < 4.78 is 14.4. The number of pyridine rings is 2. The zero-order valence-electron chi connectivity index (χ0n) is 17.9. The monoisotopic (exact) mass is 576 g/mol. The van der Waals surface area contributed by atoms with E-state index in [0.717, 1.165) is 26.2 Å². The first-order valence-electron chi connectivity index (χ1n) is 9.11. The molecule has 190 valence electrons. The maximum absolute atomic E-state index is 14.4. The van der Waals surface area contributed by atoms with Crippen LogP contribution in [-0.2, 0) is 0 Å². The lowest BCUT2D eigenvalue weighted by atomic mass is 10.1. The van der Waals surface area contributed by atoms with Crippen LogP contribution in [0.4, 0.5) is 22.0 Å². The Balaban J connectivity index is 0. The van der Waals surface area contributed by atoms with E-state index < -0.39 is 5.82 Å². The van der Waals surface area contributed by atoms with Gasteiger partial charge in [-0.2, -0.15) is 4.98 Å². The van der Waals surface area contributed by atoms with Crippen molar-refractivity contribution < 1.29 is 9.50 Å². The third-order valence-corrected chi connectivity index (χ3v) is 4.87. The van der Waals surface area contributed by atoms with Gasteiger partial charge in [0.25, 0.3) is 0 Å². The average molecular weight is 579 g/mol. The van der Waals surface area contributed by atoms with Gasteiger partial charge in [-0.25, -0.2) is 19.3 Å². The van der Waals surface area contributed by atoms with E-state index in [0.29, 0.717) is 17.2 Å². The highest BCUT2D eigenvalue weighted by molar-refractivity contribution is 5.86. The normalized spacial score (nSPS) is 12.7. The number of aromatic hydroxyl groups is 1. The summed E-state index contributed by atoms with van der Waals surface area (Å²) in [6.07, 6.45) is 1.40. The minimum absolute atomic E-state index is 0. The molecule has 4 heterocycles. The highest BCUT2D eigenvalue weighted by Gasteiger charge is 2.19. The minimum atomic E-state index is -0.669. The molecule has 15 heteroatoms. The van der Waals surface area contributed by atoms with E-state index in [1.54, 1.807) is 6.07 Å². The van der Waals surface area contributed by atoms with Crippen molar-refractivity contribution in [3.63, 3.8) is 0 Å². The van der Waals surface area contributed by atoms with Crippen LogP contribution in [0.25, 0.3) is 22.6 Å². The molecule has 5 N–H and O–H groups in total. The van der Waals surface area contributed by atoms with Crippen LogP contribution in [0.5, 0.6) is 5.75 Å². The Morgan fingerprint density at radius 2 is 1.53 bits per heavy atom. The van der Waals surface area contributed by atoms with Crippen molar-refractivity contribution in [1.29, 1.82) is 0 Å². The molecule has 0 saturated carbocycles. The summed E-state index contributed by atoms with van der Waals surface area (Å²) in [5.74, 6) is -0.257. The summed E-state index contributed by atoms with van der Waals surface area (Å²) in [6, 6.07) is 6.13. The highest BCUT2D eigenvalue weighted by Crippen LogP contribution is 2.32. The van der Waals surface area contributed by atoms with Gasteiger partial charge >= 0.3 is 0 Å². The Morgan fingerprint density at radius 1 is 0.882 bits per heavy atom. The van der Waals surface area contributed by atoms with Crippen molar-refractivity contribution in [2.45, 2.75) is 0 Å². The number of halogens is 6. The smallest absolute Gasteiger partial charge is 0.222 e. The first kappa shape index (κ1) is 34.1. The van der Waals surface area contributed by atoms with Gasteiger partial charge in [-0.1, -0.05) is 0 Å². The standard InChI is InChI=1S/C19H21FN8O.5ClH/c1-27-6-8-28(9-7-27)15-10-13(25-19(22)26-15)17-14(29)3-2-12(24-17)11-4-5-23-18(21)16(11)20;;;;;/h2-5,10,29H,6-9H2,1H3,(H2,21,23)(H2,22,25,26);5*1H. The van der Waals surface area contributed by atoms with E-state index in [1.807, 2.05) is 0 Å². The first-order valence-corrected chi connectivity index (χ1v) is 9.11. The Morgan fingerprint density at radius 3 is 2.18 bits per heavy atom. The zero-order chi connectivity index (χ0) is 20.5. The second-order valence-corrected chi connectivity index (χ2v) is 6.88. The molecule has 1 aliphatic rings. The molecule has 4 rings (SSSR count). The molecule has 1 aliphatic heterocycles. The number of hydrogen-bond acceptors (Lipinski definition) is 9. The van der Waals surface area contributed by atoms with E-state index in [1.165, 1.54) is 24.4 Å². The molecule has 1 fully saturated rings. The van der Waals surface area contributed by atoms with Gasteiger partial charge in [-0.3, -0.25) is 0 Å². The maximum Gasteiger partial charge on any atom is 0.222 e. The fourth-order valence-corrected chi connectivity index (χ4v) is 3.22. The molecule has 0 aliphatic carbocycles. The molecular formula is C19H26Cl5FN8O. The summed E-state index contributed by atoms with van der Waals surface area (Å²) in [5, 5.41) is 10.4. The SMILES string of the molecule is CN1CCN(c2cc(-c3nc(-c4ccnc(N)c4F)ccc3O)nc(N)n2)CC1.Cl.Cl.Cl.Cl.Cl.